The monoisotopic (exact) mass is 368 g/mol. The predicted molar refractivity (Wildman–Crippen MR) is 104 cm³/mol. The normalized spacial score (nSPS) is 20.1. The van der Waals surface area contributed by atoms with Crippen molar-refractivity contribution in [2.24, 2.45) is 5.92 Å². The van der Waals surface area contributed by atoms with Gasteiger partial charge in [-0.1, -0.05) is 49.7 Å². The average molecular weight is 368 g/mol. The molecule has 1 fully saturated rings. The number of benzene rings is 3. The van der Waals surface area contributed by atoms with Crippen molar-refractivity contribution in [1.29, 1.82) is 0 Å². The lowest BCUT2D eigenvalue weighted by molar-refractivity contribution is 0.319. The maximum Gasteiger partial charge on any atom is 0.195 e. The molecule has 3 aromatic carbocycles. The Morgan fingerprint density at radius 3 is 2.11 bits per heavy atom. The highest BCUT2D eigenvalue weighted by Gasteiger charge is 2.21. The summed E-state index contributed by atoms with van der Waals surface area (Å²) in [5.74, 6) is -2.20. The van der Waals surface area contributed by atoms with Gasteiger partial charge in [-0.05, 0) is 71.7 Å². The second-order valence-corrected chi connectivity index (χ2v) is 7.67. The third kappa shape index (κ3) is 3.47. The van der Waals surface area contributed by atoms with Crippen LogP contribution in [0, 0.1) is 23.4 Å². The Morgan fingerprint density at radius 2 is 1.44 bits per heavy atom. The van der Waals surface area contributed by atoms with Gasteiger partial charge in [-0.2, -0.15) is 0 Å². The smallest absolute Gasteiger partial charge is 0.195 e. The molecule has 0 amide bonds. The summed E-state index contributed by atoms with van der Waals surface area (Å²) in [5.41, 5.74) is 3.23. The van der Waals surface area contributed by atoms with E-state index < -0.39 is 17.5 Å². The second-order valence-electron chi connectivity index (χ2n) is 7.67. The predicted octanol–water partition coefficient (Wildman–Crippen LogP) is 7.61. The molecule has 0 unspecified atom stereocenters. The highest BCUT2D eigenvalue weighted by molar-refractivity contribution is 5.88. The molecule has 0 saturated heterocycles. The summed E-state index contributed by atoms with van der Waals surface area (Å²) in [6.45, 7) is 2.27. The Labute approximate surface area is 158 Å². The van der Waals surface area contributed by atoms with E-state index in [0.29, 0.717) is 11.3 Å². The summed E-state index contributed by atoms with van der Waals surface area (Å²) in [5, 5.41) is 0.466. The molecule has 140 valence electrons. The van der Waals surface area contributed by atoms with E-state index in [1.54, 1.807) is 12.1 Å². The number of rotatable bonds is 3. The van der Waals surface area contributed by atoms with Gasteiger partial charge in [0.15, 0.2) is 17.5 Å². The molecule has 0 bridgehead atoms. The summed E-state index contributed by atoms with van der Waals surface area (Å²) in [4.78, 5) is 0. The van der Waals surface area contributed by atoms with Crippen LogP contribution in [0.4, 0.5) is 13.2 Å². The van der Waals surface area contributed by atoms with E-state index in [0.717, 1.165) is 23.1 Å². The van der Waals surface area contributed by atoms with Crippen LogP contribution < -0.4 is 0 Å². The molecule has 3 aromatic rings. The lowest BCUT2D eigenvalue weighted by Gasteiger charge is -2.28. The number of hydrogen-bond acceptors (Lipinski definition) is 0. The molecule has 0 nitrogen and oxygen atoms in total. The zero-order valence-electron chi connectivity index (χ0n) is 15.4. The van der Waals surface area contributed by atoms with Crippen LogP contribution in [0.5, 0.6) is 0 Å². The maximum atomic E-state index is 13.9. The van der Waals surface area contributed by atoms with Crippen LogP contribution in [-0.2, 0) is 0 Å². The van der Waals surface area contributed by atoms with Gasteiger partial charge in [0.25, 0.3) is 0 Å². The van der Waals surface area contributed by atoms with Crippen LogP contribution in [0.3, 0.4) is 0 Å². The molecule has 1 aliphatic rings. The summed E-state index contributed by atoms with van der Waals surface area (Å²) < 4.78 is 40.8. The first-order valence-electron chi connectivity index (χ1n) is 9.74. The summed E-state index contributed by atoms with van der Waals surface area (Å²) in [6.07, 6.45) is 6.39. The minimum absolute atomic E-state index is 0.0990. The van der Waals surface area contributed by atoms with Gasteiger partial charge in [-0.3, -0.25) is 0 Å². The molecule has 0 aliphatic heterocycles. The molecular weight excluding hydrogens is 345 g/mol. The van der Waals surface area contributed by atoms with Gasteiger partial charge in [0, 0.05) is 5.39 Å². The molecule has 0 heterocycles. The Kier molecular flexibility index (Phi) is 4.94. The van der Waals surface area contributed by atoms with Crippen molar-refractivity contribution >= 4 is 10.8 Å². The highest BCUT2D eigenvalue weighted by atomic mass is 19.2. The van der Waals surface area contributed by atoms with Gasteiger partial charge in [0.05, 0.1) is 0 Å². The molecule has 0 atom stereocenters. The average Bonchev–Trinajstić information content (AvgIpc) is 2.72. The molecule has 4 rings (SSSR count). The third-order valence-corrected chi connectivity index (χ3v) is 6.11. The zero-order valence-corrected chi connectivity index (χ0v) is 15.4. The molecular formula is C24H23F3. The largest absolute Gasteiger partial charge is 0.204 e. The number of halogens is 3. The summed E-state index contributed by atoms with van der Waals surface area (Å²) >= 11 is 0. The second kappa shape index (κ2) is 7.38. The molecule has 0 spiro atoms. The highest BCUT2D eigenvalue weighted by Crippen LogP contribution is 2.37. The Balaban J connectivity index is 1.60. The van der Waals surface area contributed by atoms with Crippen LogP contribution in [0.2, 0.25) is 0 Å². The van der Waals surface area contributed by atoms with Gasteiger partial charge in [-0.25, -0.2) is 13.2 Å². The van der Waals surface area contributed by atoms with E-state index in [-0.39, 0.29) is 5.39 Å². The third-order valence-electron chi connectivity index (χ3n) is 6.11. The van der Waals surface area contributed by atoms with Gasteiger partial charge in [-0.15, -0.1) is 0 Å². The van der Waals surface area contributed by atoms with E-state index in [1.165, 1.54) is 43.7 Å². The number of hydrogen-bond donors (Lipinski definition) is 0. The molecule has 1 aliphatic carbocycles. The van der Waals surface area contributed by atoms with Crippen molar-refractivity contribution in [3.05, 3.63) is 71.5 Å². The van der Waals surface area contributed by atoms with Gasteiger partial charge >= 0.3 is 0 Å². The molecule has 27 heavy (non-hydrogen) atoms. The standard InChI is InChI=1S/C24H23F3/c1-2-15-3-5-16(6-4-15)17-7-9-18(10-8-17)19-11-12-21-20(13-19)14-22(25)24(27)23(21)26/h7-16H,2-6H2,1H3/t15-,16-. The Morgan fingerprint density at radius 1 is 0.778 bits per heavy atom. The Hall–Kier alpha value is -2.29. The molecule has 1 saturated carbocycles. The van der Waals surface area contributed by atoms with Crippen LogP contribution >= 0.6 is 0 Å². The molecule has 0 N–H and O–H groups in total. The van der Waals surface area contributed by atoms with Crippen molar-refractivity contribution in [2.45, 2.75) is 44.9 Å². The molecule has 0 radical (unpaired) electrons. The lowest BCUT2D eigenvalue weighted by Crippen LogP contribution is -2.12. The fourth-order valence-corrected chi connectivity index (χ4v) is 4.34. The minimum Gasteiger partial charge on any atom is -0.204 e. The van der Waals surface area contributed by atoms with E-state index in [2.05, 4.69) is 31.2 Å². The first-order chi connectivity index (χ1) is 13.1. The van der Waals surface area contributed by atoms with E-state index in [4.69, 9.17) is 0 Å². The van der Waals surface area contributed by atoms with Crippen LogP contribution in [-0.4, -0.2) is 0 Å². The Bertz CT molecular complexity index is 952. The minimum atomic E-state index is -1.42. The van der Waals surface area contributed by atoms with Gasteiger partial charge in [0.2, 0.25) is 0 Å². The zero-order chi connectivity index (χ0) is 19.0. The first kappa shape index (κ1) is 18.1. The summed E-state index contributed by atoms with van der Waals surface area (Å²) in [7, 11) is 0. The molecule has 3 heteroatoms. The van der Waals surface area contributed by atoms with Gasteiger partial charge in [0.1, 0.15) is 0 Å². The SMILES string of the molecule is CC[C@H]1CC[C@H](c2ccc(-c3ccc4c(F)c(F)c(F)cc4c3)cc2)CC1. The fourth-order valence-electron chi connectivity index (χ4n) is 4.34. The quantitative estimate of drug-likeness (QED) is 0.417. The summed E-state index contributed by atoms with van der Waals surface area (Å²) in [6, 6.07) is 14.5. The van der Waals surface area contributed by atoms with Crippen molar-refractivity contribution < 1.29 is 13.2 Å². The van der Waals surface area contributed by atoms with Crippen LogP contribution in [0.25, 0.3) is 21.9 Å². The van der Waals surface area contributed by atoms with E-state index in [1.807, 2.05) is 0 Å². The van der Waals surface area contributed by atoms with Crippen molar-refractivity contribution in [1.82, 2.24) is 0 Å². The van der Waals surface area contributed by atoms with Gasteiger partial charge < -0.3 is 0 Å². The molecule has 0 aromatic heterocycles. The van der Waals surface area contributed by atoms with Crippen molar-refractivity contribution in [2.75, 3.05) is 0 Å². The lowest BCUT2D eigenvalue weighted by atomic mass is 9.77. The van der Waals surface area contributed by atoms with Crippen LogP contribution in [0.15, 0.2) is 48.5 Å². The van der Waals surface area contributed by atoms with Crippen molar-refractivity contribution in [3.63, 3.8) is 0 Å². The topological polar surface area (TPSA) is 0 Å². The fraction of sp³-hybridized carbons (Fsp3) is 0.333. The van der Waals surface area contributed by atoms with Crippen molar-refractivity contribution in [3.8, 4) is 11.1 Å². The van der Waals surface area contributed by atoms with E-state index in [9.17, 15) is 13.2 Å². The number of fused-ring (bicyclic) bond motifs is 1. The van der Waals surface area contributed by atoms with Crippen LogP contribution in [0.1, 0.15) is 50.5 Å². The van der Waals surface area contributed by atoms with E-state index >= 15 is 0 Å². The first-order valence-corrected chi connectivity index (χ1v) is 9.74. The maximum absolute atomic E-state index is 13.9.